The van der Waals surface area contributed by atoms with Crippen LogP contribution in [0.15, 0.2) is 212 Å². The second-order valence-electron chi connectivity index (χ2n) is 13.6. The van der Waals surface area contributed by atoms with Gasteiger partial charge in [0.15, 0.2) is 0 Å². The summed E-state index contributed by atoms with van der Waals surface area (Å²) in [6.45, 7) is 0. The molecule has 0 bridgehead atoms. The van der Waals surface area contributed by atoms with Crippen LogP contribution in [0.3, 0.4) is 0 Å². The second kappa shape index (κ2) is 14.7. The Morgan fingerprint density at radius 1 is 0.375 bits per heavy atom. The monoisotopic (exact) mass is 725 g/mol. The van der Waals surface area contributed by atoms with Gasteiger partial charge in [-0.1, -0.05) is 140 Å². The Balaban J connectivity index is 1.18. The Morgan fingerprint density at radius 2 is 0.750 bits per heavy atom. The van der Waals surface area contributed by atoms with Gasteiger partial charge in [-0.3, -0.25) is 0 Å². The maximum absolute atomic E-state index is 13.0. The first-order valence-corrected chi connectivity index (χ1v) is 18.5. The van der Waals surface area contributed by atoms with Crippen LogP contribution in [-0.4, -0.2) is 11.9 Å². The van der Waals surface area contributed by atoms with Crippen LogP contribution in [0.1, 0.15) is 43.0 Å². The molecule has 1 aliphatic rings. The minimum atomic E-state index is -0.822. The van der Waals surface area contributed by atoms with Crippen molar-refractivity contribution in [3.63, 3.8) is 0 Å². The Labute approximate surface area is 325 Å². The molecule has 0 spiro atoms. The minimum Gasteiger partial charge on any atom is -0.423 e. The van der Waals surface area contributed by atoms with Crippen molar-refractivity contribution in [3.05, 3.63) is 246 Å². The van der Waals surface area contributed by atoms with Crippen molar-refractivity contribution >= 4 is 29.0 Å². The normalized spacial score (nSPS) is 12.5. The van der Waals surface area contributed by atoms with Crippen LogP contribution in [0, 0.1) is 0 Å². The fourth-order valence-corrected chi connectivity index (χ4v) is 7.77. The van der Waals surface area contributed by atoms with Gasteiger partial charge in [-0.2, -0.15) is 0 Å². The molecule has 0 unspecified atom stereocenters. The number of para-hydroxylation sites is 2. The third-order valence-electron chi connectivity index (χ3n) is 10.3. The van der Waals surface area contributed by atoms with Gasteiger partial charge in [-0.25, -0.2) is 9.59 Å². The van der Waals surface area contributed by atoms with E-state index < -0.39 is 17.4 Å². The van der Waals surface area contributed by atoms with Gasteiger partial charge >= 0.3 is 11.9 Å². The summed E-state index contributed by atoms with van der Waals surface area (Å²) in [6, 6.07) is 69.6. The minimum absolute atomic E-state index is 0.420. The molecule has 268 valence electrons. The highest BCUT2D eigenvalue weighted by Gasteiger charge is 2.46. The SMILES string of the molecule is O=C(Oc1ccc(C2(c3ccc(OC(=O)c4ccccc4)cc3)c3ccccc3N(c3ccc(-c4ccccc4)cc3)c3ccccc32)cc1)c1ccccc1. The lowest BCUT2D eigenvalue weighted by molar-refractivity contribution is 0.0725. The zero-order chi connectivity index (χ0) is 37.9. The van der Waals surface area contributed by atoms with E-state index in [-0.39, 0.29) is 0 Å². The molecule has 0 amide bonds. The van der Waals surface area contributed by atoms with E-state index in [4.69, 9.17) is 9.47 Å². The fourth-order valence-electron chi connectivity index (χ4n) is 7.77. The Kier molecular flexibility index (Phi) is 9.02. The van der Waals surface area contributed by atoms with Crippen molar-refractivity contribution in [2.75, 3.05) is 4.90 Å². The van der Waals surface area contributed by atoms with E-state index in [0.717, 1.165) is 50.4 Å². The zero-order valence-corrected chi connectivity index (χ0v) is 30.3. The number of carbonyl (C=O) groups is 2. The lowest BCUT2D eigenvalue weighted by atomic mass is 9.62. The standard InChI is InChI=1S/C51H35NO4/c53-49(38-16-6-2-7-17-38)55-43-32-26-40(27-33-43)51(41-28-34-44(35-29-41)56-50(54)39-18-8-3-9-19-39)45-20-10-12-22-47(45)52(48-23-13-11-21-46(48)51)42-30-24-37(25-31-42)36-14-4-1-5-15-36/h1-35H. The van der Waals surface area contributed by atoms with Gasteiger partial charge in [-0.05, 0) is 106 Å². The lowest BCUT2D eigenvalue weighted by Gasteiger charge is -2.46. The van der Waals surface area contributed by atoms with Gasteiger partial charge in [0.2, 0.25) is 0 Å². The molecular weight excluding hydrogens is 691 g/mol. The molecule has 8 aromatic carbocycles. The Morgan fingerprint density at radius 3 is 1.20 bits per heavy atom. The van der Waals surface area contributed by atoms with Crippen molar-refractivity contribution in [2.45, 2.75) is 5.41 Å². The number of ether oxygens (including phenoxy) is 2. The molecule has 0 atom stereocenters. The highest BCUT2D eigenvalue weighted by atomic mass is 16.5. The van der Waals surface area contributed by atoms with Crippen LogP contribution in [0.4, 0.5) is 17.1 Å². The van der Waals surface area contributed by atoms with Gasteiger partial charge in [0, 0.05) is 5.69 Å². The number of nitrogens with zero attached hydrogens (tertiary/aromatic N) is 1. The number of benzene rings is 8. The van der Waals surface area contributed by atoms with Crippen LogP contribution in [-0.2, 0) is 5.41 Å². The molecule has 0 radical (unpaired) electrons. The first-order chi connectivity index (χ1) is 27.6. The van der Waals surface area contributed by atoms with E-state index in [0.29, 0.717) is 22.6 Å². The molecule has 5 heteroatoms. The fraction of sp³-hybridized carbons (Fsp3) is 0.0196. The predicted molar refractivity (Wildman–Crippen MR) is 221 cm³/mol. The Hall–Kier alpha value is -7.50. The van der Waals surface area contributed by atoms with E-state index in [2.05, 4.69) is 102 Å². The van der Waals surface area contributed by atoms with Crippen LogP contribution < -0.4 is 14.4 Å². The van der Waals surface area contributed by atoms with Gasteiger partial charge in [-0.15, -0.1) is 0 Å². The maximum atomic E-state index is 13.0. The average molecular weight is 726 g/mol. The zero-order valence-electron chi connectivity index (χ0n) is 30.3. The molecule has 56 heavy (non-hydrogen) atoms. The van der Waals surface area contributed by atoms with Gasteiger partial charge in [0.1, 0.15) is 11.5 Å². The summed E-state index contributed by atoms with van der Waals surface area (Å²) in [5.41, 5.74) is 9.60. The number of esters is 2. The predicted octanol–water partition coefficient (Wildman–Crippen LogP) is 12.0. The molecule has 0 aromatic heterocycles. The molecule has 8 aromatic rings. The Bertz CT molecular complexity index is 2490. The second-order valence-corrected chi connectivity index (χ2v) is 13.6. The third-order valence-corrected chi connectivity index (χ3v) is 10.3. The van der Waals surface area contributed by atoms with E-state index in [1.54, 1.807) is 24.3 Å². The molecule has 1 heterocycles. The number of carbonyl (C=O) groups excluding carboxylic acids is 2. The van der Waals surface area contributed by atoms with E-state index >= 15 is 0 Å². The largest absolute Gasteiger partial charge is 0.423 e. The smallest absolute Gasteiger partial charge is 0.343 e. The number of anilines is 3. The van der Waals surface area contributed by atoms with E-state index in [1.165, 1.54) is 0 Å². The van der Waals surface area contributed by atoms with Crippen LogP contribution in [0.5, 0.6) is 11.5 Å². The first-order valence-electron chi connectivity index (χ1n) is 18.5. The summed E-state index contributed by atoms with van der Waals surface area (Å²) in [7, 11) is 0. The molecule has 0 N–H and O–H groups in total. The molecule has 0 aliphatic carbocycles. The molecular formula is C51H35NO4. The average Bonchev–Trinajstić information content (AvgIpc) is 3.27. The summed E-state index contributed by atoms with van der Waals surface area (Å²) < 4.78 is 11.7. The van der Waals surface area contributed by atoms with Gasteiger partial charge < -0.3 is 14.4 Å². The van der Waals surface area contributed by atoms with Crippen molar-refractivity contribution < 1.29 is 19.1 Å². The van der Waals surface area contributed by atoms with Crippen molar-refractivity contribution in [2.24, 2.45) is 0 Å². The third kappa shape index (κ3) is 6.21. The molecule has 1 aliphatic heterocycles. The highest BCUT2D eigenvalue weighted by molar-refractivity contribution is 5.92. The summed E-state index contributed by atoms with van der Waals surface area (Å²) in [6.07, 6.45) is 0. The summed E-state index contributed by atoms with van der Waals surface area (Å²) in [5, 5.41) is 0. The summed E-state index contributed by atoms with van der Waals surface area (Å²) in [5.74, 6) is 0.0452. The van der Waals surface area contributed by atoms with Crippen molar-refractivity contribution in [1.29, 1.82) is 0 Å². The van der Waals surface area contributed by atoms with Gasteiger partial charge in [0.05, 0.1) is 27.9 Å². The summed E-state index contributed by atoms with van der Waals surface area (Å²) in [4.78, 5) is 28.4. The van der Waals surface area contributed by atoms with Crippen molar-refractivity contribution in [3.8, 4) is 22.6 Å². The molecule has 9 rings (SSSR count). The number of hydrogen-bond acceptors (Lipinski definition) is 5. The van der Waals surface area contributed by atoms with E-state index in [1.807, 2.05) is 91.0 Å². The van der Waals surface area contributed by atoms with Crippen LogP contribution in [0.2, 0.25) is 0 Å². The number of rotatable bonds is 8. The number of hydrogen-bond donors (Lipinski definition) is 0. The molecule has 0 saturated heterocycles. The lowest BCUT2D eigenvalue weighted by Crippen LogP contribution is -2.37. The van der Waals surface area contributed by atoms with E-state index in [9.17, 15) is 9.59 Å². The number of fused-ring (bicyclic) bond motifs is 2. The highest BCUT2D eigenvalue weighted by Crippen LogP contribution is 2.57. The summed E-state index contributed by atoms with van der Waals surface area (Å²) >= 11 is 0. The van der Waals surface area contributed by atoms with Crippen LogP contribution in [0.25, 0.3) is 11.1 Å². The molecule has 5 nitrogen and oxygen atoms in total. The quantitative estimate of drug-likeness (QED) is 0.115. The van der Waals surface area contributed by atoms with Crippen molar-refractivity contribution in [1.82, 2.24) is 0 Å². The molecule has 0 saturated carbocycles. The first kappa shape index (κ1) is 34.3. The molecule has 0 fully saturated rings. The topological polar surface area (TPSA) is 55.8 Å². The van der Waals surface area contributed by atoms with Crippen LogP contribution >= 0.6 is 0 Å². The maximum Gasteiger partial charge on any atom is 0.343 e. The van der Waals surface area contributed by atoms with Gasteiger partial charge in [0.25, 0.3) is 0 Å².